The zero-order valence-corrected chi connectivity index (χ0v) is 15.1. The molecule has 2 rings (SSSR count). The molecule has 2 nitrogen and oxygen atoms in total. The van der Waals surface area contributed by atoms with Crippen molar-refractivity contribution in [1.82, 2.24) is 0 Å². The number of aryl methyl sites for hydroxylation is 1. The third kappa shape index (κ3) is 5.08. The van der Waals surface area contributed by atoms with Gasteiger partial charge in [-0.15, -0.1) is 0 Å². The molecule has 0 amide bonds. The summed E-state index contributed by atoms with van der Waals surface area (Å²) in [5.41, 5.74) is 2.32. The smallest absolute Gasteiger partial charge is 0.118 e. The van der Waals surface area contributed by atoms with Crippen LogP contribution in [0.4, 0.5) is 5.69 Å². The van der Waals surface area contributed by atoms with Gasteiger partial charge in [0.15, 0.2) is 0 Å². The van der Waals surface area contributed by atoms with Gasteiger partial charge in [-0.3, -0.25) is 0 Å². The fourth-order valence-electron chi connectivity index (χ4n) is 2.12. The highest BCUT2D eigenvalue weighted by atomic mass is 127. The van der Waals surface area contributed by atoms with Gasteiger partial charge >= 0.3 is 0 Å². The predicted octanol–water partition coefficient (Wildman–Crippen LogP) is 5.39. The lowest BCUT2D eigenvalue weighted by Crippen LogP contribution is -2.16. The van der Waals surface area contributed by atoms with Gasteiger partial charge in [-0.05, 0) is 78.3 Å². The van der Waals surface area contributed by atoms with Gasteiger partial charge in [-0.25, -0.2) is 0 Å². The van der Waals surface area contributed by atoms with Gasteiger partial charge in [0.05, 0.1) is 17.8 Å². The van der Waals surface area contributed by atoms with E-state index in [-0.39, 0.29) is 0 Å². The van der Waals surface area contributed by atoms with Crippen molar-refractivity contribution < 1.29 is 4.74 Å². The molecule has 21 heavy (non-hydrogen) atoms. The van der Waals surface area contributed by atoms with Gasteiger partial charge in [0.2, 0.25) is 0 Å². The normalized spacial score (nSPS) is 12.0. The van der Waals surface area contributed by atoms with Crippen molar-refractivity contribution in [1.29, 1.82) is 0 Å². The Morgan fingerprint density at radius 2 is 1.90 bits per heavy atom. The van der Waals surface area contributed by atoms with Crippen LogP contribution in [0.5, 0.6) is 5.75 Å². The second-order valence-corrected chi connectivity index (χ2v) is 6.71. The molecule has 0 bridgehead atoms. The summed E-state index contributed by atoms with van der Waals surface area (Å²) >= 11 is 8.51. The second-order valence-electron chi connectivity index (χ2n) is 5.06. The van der Waals surface area contributed by atoms with Gasteiger partial charge in [0.25, 0.3) is 0 Å². The Hall–Kier alpha value is -0.940. The van der Waals surface area contributed by atoms with Crippen LogP contribution in [0.25, 0.3) is 0 Å². The minimum absolute atomic E-state index is 0.365. The summed E-state index contributed by atoms with van der Waals surface area (Å²) in [5.74, 6) is 0.899. The van der Waals surface area contributed by atoms with E-state index in [9.17, 15) is 0 Å². The monoisotopic (exact) mass is 415 g/mol. The Labute approximate surface area is 145 Å². The molecule has 4 heteroatoms. The number of hydrogen-bond acceptors (Lipinski definition) is 2. The molecule has 0 saturated carbocycles. The highest BCUT2D eigenvalue weighted by Gasteiger charge is 2.06. The molecule has 0 fully saturated rings. The molecule has 0 aliphatic heterocycles. The van der Waals surface area contributed by atoms with Crippen LogP contribution in [-0.2, 0) is 6.42 Å². The maximum Gasteiger partial charge on any atom is 0.118 e. The average molecular weight is 416 g/mol. The van der Waals surface area contributed by atoms with Crippen molar-refractivity contribution in [3.05, 3.63) is 56.6 Å². The van der Waals surface area contributed by atoms with Gasteiger partial charge < -0.3 is 10.1 Å². The summed E-state index contributed by atoms with van der Waals surface area (Å²) in [6, 6.07) is 14.7. The number of benzene rings is 2. The first-order valence-corrected chi connectivity index (χ1v) is 8.38. The van der Waals surface area contributed by atoms with Crippen LogP contribution in [0.1, 0.15) is 18.9 Å². The third-order valence-corrected chi connectivity index (χ3v) is 4.34. The Bertz CT molecular complexity index is 586. The highest BCUT2D eigenvalue weighted by molar-refractivity contribution is 14.1. The molecule has 1 atom stereocenters. The maximum absolute atomic E-state index is 6.24. The van der Waals surface area contributed by atoms with E-state index >= 15 is 0 Å². The van der Waals surface area contributed by atoms with Gasteiger partial charge in [-0.2, -0.15) is 0 Å². The largest absolute Gasteiger partial charge is 0.497 e. The molecular weight excluding hydrogens is 397 g/mol. The van der Waals surface area contributed by atoms with Crippen LogP contribution in [0.2, 0.25) is 5.02 Å². The van der Waals surface area contributed by atoms with E-state index in [2.05, 4.69) is 53.0 Å². The molecular formula is C17H19ClINO. The Kier molecular flexibility index (Phi) is 6.18. The minimum Gasteiger partial charge on any atom is -0.497 e. The van der Waals surface area contributed by atoms with Gasteiger partial charge in [0.1, 0.15) is 5.75 Å². The van der Waals surface area contributed by atoms with E-state index in [4.69, 9.17) is 16.3 Å². The number of rotatable bonds is 6. The van der Waals surface area contributed by atoms with Gasteiger partial charge in [-0.1, -0.05) is 23.7 Å². The van der Waals surface area contributed by atoms with Crippen LogP contribution >= 0.6 is 34.2 Å². The molecule has 2 aromatic rings. The summed E-state index contributed by atoms with van der Waals surface area (Å²) in [6.07, 6.45) is 2.08. The van der Waals surface area contributed by atoms with Crippen molar-refractivity contribution >= 4 is 39.9 Å². The molecule has 0 radical (unpaired) electrons. The minimum atomic E-state index is 0.365. The van der Waals surface area contributed by atoms with Crippen molar-refractivity contribution in [2.45, 2.75) is 25.8 Å². The van der Waals surface area contributed by atoms with Gasteiger partial charge in [0, 0.05) is 9.61 Å². The Morgan fingerprint density at radius 1 is 1.19 bits per heavy atom. The van der Waals surface area contributed by atoms with Crippen LogP contribution in [-0.4, -0.2) is 13.2 Å². The van der Waals surface area contributed by atoms with E-state index < -0.39 is 0 Å². The Morgan fingerprint density at radius 3 is 2.52 bits per heavy atom. The quantitative estimate of drug-likeness (QED) is 0.639. The molecule has 0 saturated heterocycles. The zero-order chi connectivity index (χ0) is 15.2. The fraction of sp³-hybridized carbons (Fsp3) is 0.294. The maximum atomic E-state index is 6.24. The molecule has 2 aromatic carbocycles. The molecule has 0 aliphatic carbocycles. The molecule has 1 unspecified atom stereocenters. The average Bonchev–Trinajstić information content (AvgIpc) is 2.48. The third-order valence-electron chi connectivity index (χ3n) is 3.36. The van der Waals surface area contributed by atoms with E-state index in [1.165, 1.54) is 5.56 Å². The molecule has 0 aromatic heterocycles. The SMILES string of the molecule is COc1ccc(CCC(C)Nc2ccc(I)cc2Cl)cc1. The first-order chi connectivity index (χ1) is 10.1. The number of ether oxygens (including phenoxy) is 1. The lowest BCUT2D eigenvalue weighted by molar-refractivity contribution is 0.414. The van der Waals surface area contributed by atoms with E-state index in [0.29, 0.717) is 6.04 Å². The number of hydrogen-bond donors (Lipinski definition) is 1. The van der Waals surface area contributed by atoms with Crippen molar-refractivity contribution in [3.63, 3.8) is 0 Å². The predicted molar refractivity (Wildman–Crippen MR) is 98.6 cm³/mol. The summed E-state index contributed by atoms with van der Waals surface area (Å²) in [7, 11) is 1.69. The summed E-state index contributed by atoms with van der Waals surface area (Å²) in [5, 5.41) is 4.25. The summed E-state index contributed by atoms with van der Waals surface area (Å²) < 4.78 is 6.32. The first kappa shape index (κ1) is 16.4. The number of nitrogens with one attached hydrogen (secondary N) is 1. The fourth-order valence-corrected chi connectivity index (χ4v) is 3.03. The summed E-state index contributed by atoms with van der Waals surface area (Å²) in [4.78, 5) is 0. The van der Waals surface area contributed by atoms with Crippen LogP contribution < -0.4 is 10.1 Å². The van der Waals surface area contributed by atoms with E-state index in [0.717, 1.165) is 32.9 Å². The molecule has 0 aliphatic rings. The number of methoxy groups -OCH3 is 1. The van der Waals surface area contributed by atoms with Crippen LogP contribution in [0, 0.1) is 3.57 Å². The van der Waals surface area contributed by atoms with Crippen molar-refractivity contribution in [3.8, 4) is 5.75 Å². The number of halogens is 2. The van der Waals surface area contributed by atoms with Crippen molar-refractivity contribution in [2.75, 3.05) is 12.4 Å². The topological polar surface area (TPSA) is 21.3 Å². The summed E-state index contributed by atoms with van der Waals surface area (Å²) in [6.45, 7) is 2.18. The van der Waals surface area contributed by atoms with Crippen molar-refractivity contribution in [2.24, 2.45) is 0 Å². The second kappa shape index (κ2) is 7.90. The standard InChI is InChI=1S/C17H19ClINO/c1-12(20-17-10-7-14(19)11-16(17)18)3-4-13-5-8-15(21-2)9-6-13/h5-12,20H,3-4H2,1-2H3. The van der Waals surface area contributed by atoms with Crippen LogP contribution in [0.15, 0.2) is 42.5 Å². The zero-order valence-electron chi connectivity index (χ0n) is 12.2. The molecule has 0 heterocycles. The highest BCUT2D eigenvalue weighted by Crippen LogP contribution is 2.25. The van der Waals surface area contributed by atoms with E-state index in [1.54, 1.807) is 7.11 Å². The molecule has 112 valence electrons. The molecule has 1 N–H and O–H groups in total. The molecule has 0 spiro atoms. The number of anilines is 1. The van der Waals surface area contributed by atoms with E-state index in [1.807, 2.05) is 24.3 Å². The first-order valence-electron chi connectivity index (χ1n) is 6.93. The lowest BCUT2D eigenvalue weighted by Gasteiger charge is -2.16. The lowest BCUT2D eigenvalue weighted by atomic mass is 10.1. The van der Waals surface area contributed by atoms with Crippen LogP contribution in [0.3, 0.4) is 0 Å². The Balaban J connectivity index is 1.87.